The highest BCUT2D eigenvalue weighted by molar-refractivity contribution is 5.65. The Morgan fingerprint density at radius 3 is 2.38 bits per heavy atom. The van der Waals surface area contributed by atoms with Crippen LogP contribution in [0.2, 0.25) is 0 Å². The minimum absolute atomic E-state index is 0.731. The van der Waals surface area contributed by atoms with Gasteiger partial charge in [-0.05, 0) is 12.8 Å². The highest BCUT2D eigenvalue weighted by Crippen LogP contribution is 2.05. The third-order valence-corrected chi connectivity index (χ3v) is 1.78. The number of imidazole rings is 1. The van der Waals surface area contributed by atoms with Crippen molar-refractivity contribution in [3.05, 3.63) is 18.7 Å². The SMILES string of the molecule is O=C(O)N1CCCC1.c1c[nH]cn1. The molecule has 0 aliphatic carbocycles. The van der Waals surface area contributed by atoms with E-state index in [-0.39, 0.29) is 0 Å². The molecule has 0 unspecified atom stereocenters. The van der Waals surface area contributed by atoms with Gasteiger partial charge in [0.05, 0.1) is 6.33 Å². The molecule has 5 heteroatoms. The first-order chi connectivity index (χ1) is 6.30. The van der Waals surface area contributed by atoms with E-state index in [2.05, 4.69) is 9.97 Å². The fraction of sp³-hybridized carbons (Fsp3) is 0.500. The standard InChI is InChI=1S/C5H9NO2.C3H4N2/c7-5(8)6-3-1-2-4-6;1-2-5-3-4-1/h1-4H2,(H,7,8);1-3H,(H,4,5). The van der Waals surface area contributed by atoms with Crippen molar-refractivity contribution in [3.8, 4) is 0 Å². The Balaban J connectivity index is 0.000000145. The number of H-pyrrole nitrogens is 1. The summed E-state index contributed by atoms with van der Waals surface area (Å²) in [5, 5.41) is 8.34. The number of aromatic amines is 1. The fourth-order valence-electron chi connectivity index (χ4n) is 1.12. The molecule has 2 heterocycles. The van der Waals surface area contributed by atoms with Crippen LogP contribution in [-0.2, 0) is 0 Å². The highest BCUT2D eigenvalue weighted by atomic mass is 16.4. The normalized spacial score (nSPS) is 14.9. The summed E-state index contributed by atoms with van der Waals surface area (Å²) in [6, 6.07) is 0. The van der Waals surface area contributed by atoms with E-state index in [1.807, 2.05) is 0 Å². The lowest BCUT2D eigenvalue weighted by Crippen LogP contribution is -2.25. The minimum atomic E-state index is -0.775. The smallest absolute Gasteiger partial charge is 0.407 e. The van der Waals surface area contributed by atoms with Gasteiger partial charge < -0.3 is 15.0 Å². The van der Waals surface area contributed by atoms with Crippen LogP contribution in [0.4, 0.5) is 4.79 Å². The van der Waals surface area contributed by atoms with Crippen LogP contribution >= 0.6 is 0 Å². The lowest BCUT2D eigenvalue weighted by molar-refractivity contribution is 0.156. The number of nitrogens with zero attached hydrogens (tertiary/aromatic N) is 2. The van der Waals surface area contributed by atoms with Crippen molar-refractivity contribution in [2.24, 2.45) is 0 Å². The second kappa shape index (κ2) is 5.18. The Labute approximate surface area is 76.4 Å². The molecule has 1 aliphatic rings. The summed E-state index contributed by atoms with van der Waals surface area (Å²) in [4.78, 5) is 18.0. The molecule has 13 heavy (non-hydrogen) atoms. The van der Waals surface area contributed by atoms with Crippen LogP contribution in [0, 0.1) is 0 Å². The van der Waals surface area contributed by atoms with Gasteiger partial charge in [-0.25, -0.2) is 9.78 Å². The van der Waals surface area contributed by atoms with Crippen molar-refractivity contribution < 1.29 is 9.90 Å². The molecule has 1 aromatic rings. The number of nitrogens with one attached hydrogen (secondary N) is 1. The van der Waals surface area contributed by atoms with Crippen LogP contribution in [0.15, 0.2) is 18.7 Å². The van der Waals surface area contributed by atoms with Gasteiger partial charge in [-0.1, -0.05) is 0 Å². The average Bonchev–Trinajstić information content (AvgIpc) is 2.82. The molecule has 1 saturated heterocycles. The lowest BCUT2D eigenvalue weighted by atomic mass is 10.4. The lowest BCUT2D eigenvalue weighted by Gasteiger charge is -2.07. The summed E-state index contributed by atoms with van der Waals surface area (Å²) < 4.78 is 0. The first kappa shape index (κ1) is 9.57. The maximum atomic E-state index is 10.1. The molecule has 2 rings (SSSR count). The molecule has 0 saturated carbocycles. The molecule has 1 fully saturated rings. The van der Waals surface area contributed by atoms with E-state index < -0.39 is 6.09 Å². The number of amides is 1. The van der Waals surface area contributed by atoms with Crippen molar-refractivity contribution >= 4 is 6.09 Å². The minimum Gasteiger partial charge on any atom is -0.465 e. The average molecular weight is 183 g/mol. The molecule has 0 bridgehead atoms. The Bertz CT molecular complexity index is 212. The van der Waals surface area contributed by atoms with Crippen molar-refractivity contribution in [1.29, 1.82) is 0 Å². The number of likely N-dealkylation sites (tertiary alicyclic amines) is 1. The van der Waals surface area contributed by atoms with Crippen LogP contribution in [0.5, 0.6) is 0 Å². The molecule has 5 nitrogen and oxygen atoms in total. The number of hydrogen-bond donors (Lipinski definition) is 2. The molecule has 0 radical (unpaired) electrons. The number of rotatable bonds is 0. The summed E-state index contributed by atoms with van der Waals surface area (Å²) in [5.74, 6) is 0. The van der Waals surface area contributed by atoms with E-state index in [1.54, 1.807) is 18.7 Å². The summed E-state index contributed by atoms with van der Waals surface area (Å²) >= 11 is 0. The van der Waals surface area contributed by atoms with Gasteiger partial charge in [0.25, 0.3) is 0 Å². The second-order valence-corrected chi connectivity index (χ2v) is 2.74. The van der Waals surface area contributed by atoms with Gasteiger partial charge >= 0.3 is 6.09 Å². The van der Waals surface area contributed by atoms with Crippen molar-refractivity contribution in [3.63, 3.8) is 0 Å². The van der Waals surface area contributed by atoms with Gasteiger partial charge in [0, 0.05) is 25.5 Å². The Kier molecular flexibility index (Phi) is 3.81. The quantitative estimate of drug-likeness (QED) is 0.634. The third kappa shape index (κ3) is 3.59. The number of carboxylic acid groups (broad SMARTS) is 1. The molecule has 0 atom stereocenters. The van der Waals surface area contributed by atoms with Gasteiger partial charge in [-0.2, -0.15) is 0 Å². The summed E-state index contributed by atoms with van der Waals surface area (Å²) in [7, 11) is 0. The van der Waals surface area contributed by atoms with Gasteiger partial charge in [0.1, 0.15) is 0 Å². The number of hydrogen-bond acceptors (Lipinski definition) is 2. The molecule has 1 aliphatic heterocycles. The Morgan fingerprint density at radius 1 is 1.46 bits per heavy atom. The van der Waals surface area contributed by atoms with E-state index >= 15 is 0 Å². The molecular weight excluding hydrogens is 170 g/mol. The van der Waals surface area contributed by atoms with Crippen LogP contribution in [0.3, 0.4) is 0 Å². The van der Waals surface area contributed by atoms with Crippen LogP contribution in [0.25, 0.3) is 0 Å². The maximum Gasteiger partial charge on any atom is 0.407 e. The van der Waals surface area contributed by atoms with E-state index in [0.29, 0.717) is 0 Å². The topological polar surface area (TPSA) is 69.2 Å². The van der Waals surface area contributed by atoms with Crippen molar-refractivity contribution in [2.75, 3.05) is 13.1 Å². The monoisotopic (exact) mass is 183 g/mol. The van der Waals surface area contributed by atoms with Crippen molar-refractivity contribution in [1.82, 2.24) is 14.9 Å². The third-order valence-electron chi connectivity index (χ3n) is 1.78. The van der Waals surface area contributed by atoms with Crippen molar-refractivity contribution in [2.45, 2.75) is 12.8 Å². The largest absolute Gasteiger partial charge is 0.465 e. The first-order valence-electron chi connectivity index (χ1n) is 4.21. The molecule has 72 valence electrons. The predicted octanol–water partition coefficient (Wildman–Crippen LogP) is 1.17. The van der Waals surface area contributed by atoms with Gasteiger partial charge in [0.15, 0.2) is 0 Å². The Hall–Kier alpha value is -1.52. The summed E-state index contributed by atoms with van der Waals surface area (Å²) in [6.45, 7) is 1.46. The van der Waals surface area contributed by atoms with E-state index in [0.717, 1.165) is 25.9 Å². The van der Waals surface area contributed by atoms with Crippen LogP contribution < -0.4 is 0 Å². The van der Waals surface area contributed by atoms with Gasteiger partial charge in [-0.15, -0.1) is 0 Å². The first-order valence-corrected chi connectivity index (χ1v) is 4.21. The Morgan fingerprint density at radius 2 is 2.15 bits per heavy atom. The number of aromatic nitrogens is 2. The summed E-state index contributed by atoms with van der Waals surface area (Å²) in [5.41, 5.74) is 0. The molecule has 0 spiro atoms. The highest BCUT2D eigenvalue weighted by Gasteiger charge is 2.15. The van der Waals surface area contributed by atoms with E-state index in [1.165, 1.54) is 4.90 Å². The maximum absolute atomic E-state index is 10.1. The zero-order chi connectivity index (χ0) is 9.52. The number of carbonyl (C=O) groups is 1. The van der Waals surface area contributed by atoms with Crippen LogP contribution in [-0.4, -0.2) is 39.2 Å². The second-order valence-electron chi connectivity index (χ2n) is 2.74. The van der Waals surface area contributed by atoms with Crippen LogP contribution in [0.1, 0.15) is 12.8 Å². The van der Waals surface area contributed by atoms with Gasteiger partial charge in [0.2, 0.25) is 0 Å². The zero-order valence-corrected chi connectivity index (χ0v) is 7.31. The fourth-order valence-corrected chi connectivity index (χ4v) is 1.12. The van der Waals surface area contributed by atoms with Gasteiger partial charge in [-0.3, -0.25) is 0 Å². The summed E-state index contributed by atoms with van der Waals surface area (Å²) in [6.07, 6.45) is 6.38. The molecule has 1 aromatic heterocycles. The van der Waals surface area contributed by atoms with E-state index in [9.17, 15) is 4.79 Å². The molecule has 1 amide bonds. The molecule has 0 aromatic carbocycles. The van der Waals surface area contributed by atoms with E-state index in [4.69, 9.17) is 5.11 Å². The zero-order valence-electron chi connectivity index (χ0n) is 7.31. The predicted molar refractivity (Wildman–Crippen MR) is 47.4 cm³/mol. The molecular formula is C8H13N3O2. The molecule has 2 N–H and O–H groups in total.